The van der Waals surface area contributed by atoms with Crippen molar-refractivity contribution >= 4 is 11.8 Å². The molecule has 0 aliphatic carbocycles. The maximum Gasteiger partial charge on any atom is 0.410 e. The van der Waals surface area contributed by atoms with Crippen LogP contribution in [0.4, 0.5) is 10.5 Å². The highest BCUT2D eigenvalue weighted by atomic mass is 16.6. The second kappa shape index (κ2) is 13.3. The highest BCUT2D eigenvalue weighted by Gasteiger charge is 2.29. The van der Waals surface area contributed by atoms with Crippen LogP contribution in [0.2, 0.25) is 0 Å². The van der Waals surface area contributed by atoms with E-state index < -0.39 is 5.60 Å². The minimum atomic E-state index is -0.541. The largest absolute Gasteiger partial charge is 0.493 e. The van der Waals surface area contributed by atoms with Gasteiger partial charge in [-0.15, -0.1) is 0 Å². The molecule has 2 aliphatic rings. The fourth-order valence-corrected chi connectivity index (χ4v) is 5.23. The molecule has 2 fully saturated rings. The molecule has 0 saturated carbocycles. The fraction of sp³-hybridized carbons (Fsp3) is 0.455. The molecule has 10 heteroatoms. The molecule has 0 unspecified atom stereocenters. The van der Waals surface area contributed by atoms with Crippen LogP contribution < -0.4 is 14.4 Å². The Bertz CT molecular complexity index is 1450. The monoisotopic (exact) mass is 585 g/mol. The number of morpholine rings is 1. The lowest BCUT2D eigenvalue weighted by Crippen LogP contribution is -2.44. The Hall–Kier alpha value is -4.36. The normalized spacial score (nSPS) is 16.0. The summed E-state index contributed by atoms with van der Waals surface area (Å²) >= 11 is 0. The van der Waals surface area contributed by atoms with Crippen molar-refractivity contribution in [1.29, 1.82) is 5.26 Å². The number of anilines is 1. The number of piperidine rings is 1. The zero-order valence-electron chi connectivity index (χ0n) is 25.3. The zero-order valence-corrected chi connectivity index (χ0v) is 25.3. The Labute approximate surface area is 253 Å². The van der Waals surface area contributed by atoms with E-state index in [1.165, 1.54) is 5.69 Å². The third-order valence-corrected chi connectivity index (χ3v) is 7.45. The van der Waals surface area contributed by atoms with Crippen LogP contribution in [-0.4, -0.2) is 79.2 Å². The van der Waals surface area contributed by atoms with Crippen molar-refractivity contribution in [1.82, 2.24) is 14.9 Å². The number of aromatic nitrogens is 2. The van der Waals surface area contributed by atoms with Crippen LogP contribution in [-0.2, 0) is 15.9 Å². The van der Waals surface area contributed by atoms with Crippen LogP contribution in [0.25, 0.3) is 11.3 Å². The Morgan fingerprint density at radius 3 is 2.44 bits per heavy atom. The van der Waals surface area contributed by atoms with Gasteiger partial charge in [0.1, 0.15) is 23.6 Å². The molecule has 3 heterocycles. The molecule has 43 heavy (non-hydrogen) atoms. The highest BCUT2D eigenvalue weighted by Crippen LogP contribution is 2.37. The number of carbonyl (C=O) groups is 1. The minimum absolute atomic E-state index is 0.161. The lowest BCUT2D eigenvalue weighted by molar-refractivity contribution is 0.0124. The zero-order chi connectivity index (χ0) is 30.4. The maximum atomic E-state index is 12.4. The molecule has 1 amide bonds. The van der Waals surface area contributed by atoms with Crippen molar-refractivity contribution in [2.45, 2.75) is 51.7 Å². The van der Waals surface area contributed by atoms with Gasteiger partial charge in [0.05, 0.1) is 31.6 Å². The van der Waals surface area contributed by atoms with E-state index in [0.717, 1.165) is 37.4 Å². The quantitative estimate of drug-likeness (QED) is 0.368. The number of nitrogens with zero attached hydrogens (tertiary/aromatic N) is 5. The van der Waals surface area contributed by atoms with Gasteiger partial charge >= 0.3 is 6.09 Å². The van der Waals surface area contributed by atoms with Gasteiger partial charge in [-0.05, 0) is 56.7 Å². The van der Waals surface area contributed by atoms with Gasteiger partial charge in [-0.25, -0.2) is 14.8 Å². The molecule has 0 spiro atoms. The van der Waals surface area contributed by atoms with Gasteiger partial charge in [-0.2, -0.15) is 5.26 Å². The Kier molecular flexibility index (Phi) is 9.31. The van der Waals surface area contributed by atoms with Gasteiger partial charge in [0.15, 0.2) is 11.5 Å². The molecule has 2 saturated heterocycles. The second-order valence-corrected chi connectivity index (χ2v) is 11.8. The van der Waals surface area contributed by atoms with Gasteiger partial charge in [0.25, 0.3) is 0 Å². The van der Waals surface area contributed by atoms with E-state index in [4.69, 9.17) is 23.9 Å². The van der Waals surface area contributed by atoms with E-state index in [1.807, 2.05) is 32.9 Å². The van der Waals surface area contributed by atoms with Crippen molar-refractivity contribution in [3.63, 3.8) is 0 Å². The molecule has 2 aliphatic heterocycles. The topological polar surface area (TPSA) is 110 Å². The first-order valence-electron chi connectivity index (χ1n) is 14.7. The molecule has 3 aromatic rings. The van der Waals surface area contributed by atoms with E-state index in [0.29, 0.717) is 60.9 Å². The summed E-state index contributed by atoms with van der Waals surface area (Å²) < 4.78 is 22.9. The number of ether oxygens (including phenoxy) is 4. The van der Waals surface area contributed by atoms with Crippen LogP contribution >= 0.6 is 0 Å². The number of methoxy groups -OCH3 is 1. The molecule has 1 aromatic heterocycles. The molecule has 0 radical (unpaired) electrons. The number of nitriles is 1. The Morgan fingerprint density at radius 1 is 1.07 bits per heavy atom. The van der Waals surface area contributed by atoms with Crippen molar-refractivity contribution in [2.75, 3.05) is 51.4 Å². The first-order chi connectivity index (χ1) is 20.7. The second-order valence-electron chi connectivity index (χ2n) is 11.8. The molecule has 2 aromatic carbocycles. The third-order valence-electron chi connectivity index (χ3n) is 7.45. The molecular weight excluding hydrogens is 546 g/mol. The molecular formula is C33H39N5O5. The average molecular weight is 586 g/mol. The highest BCUT2D eigenvalue weighted by molar-refractivity contribution is 5.69. The lowest BCUT2D eigenvalue weighted by atomic mass is 10.0. The number of hydrogen-bond donors (Lipinski definition) is 0. The third kappa shape index (κ3) is 7.73. The SMILES string of the molecule is COc1cc(-c2ccnc(Cc3ccc(N4CCOCC4)cc3)n2)cc(C#N)c1OC1CCN(C(=O)OC(C)(C)C)CC1. The predicted octanol–water partition coefficient (Wildman–Crippen LogP) is 5.23. The van der Waals surface area contributed by atoms with Crippen molar-refractivity contribution in [3.8, 4) is 28.8 Å². The molecule has 0 bridgehead atoms. The number of amides is 1. The van der Waals surface area contributed by atoms with Gasteiger partial charge in [0, 0.05) is 62.9 Å². The molecule has 10 nitrogen and oxygen atoms in total. The molecule has 0 atom stereocenters. The predicted molar refractivity (Wildman–Crippen MR) is 162 cm³/mol. The summed E-state index contributed by atoms with van der Waals surface area (Å²) in [6, 6.07) is 16.2. The summed E-state index contributed by atoms with van der Waals surface area (Å²) in [5.74, 6) is 1.55. The standard InChI is InChI=1S/C33H39N5O5/c1-33(2,3)43-32(39)38-13-10-27(11-14-38)42-31-25(22-34)20-24(21-29(31)40-4)28-9-12-35-30(36-28)19-23-5-7-26(8-6-23)37-15-17-41-18-16-37/h5-9,12,20-21,27H,10-11,13-19H2,1-4H3. The van der Waals surface area contributed by atoms with Gasteiger partial charge in [-0.3, -0.25) is 0 Å². The number of carbonyl (C=O) groups excluding carboxylic acids is 1. The number of likely N-dealkylation sites (tertiary alicyclic amines) is 1. The van der Waals surface area contributed by atoms with Crippen LogP contribution in [0.1, 0.15) is 50.6 Å². The molecule has 226 valence electrons. The van der Waals surface area contributed by atoms with E-state index in [-0.39, 0.29) is 12.2 Å². The van der Waals surface area contributed by atoms with Crippen molar-refractivity contribution in [3.05, 3.63) is 65.6 Å². The Morgan fingerprint density at radius 2 is 1.79 bits per heavy atom. The summed E-state index contributed by atoms with van der Waals surface area (Å²) in [4.78, 5) is 25.8. The Balaban J connectivity index is 1.27. The van der Waals surface area contributed by atoms with Crippen LogP contribution in [0.15, 0.2) is 48.7 Å². The van der Waals surface area contributed by atoms with Crippen molar-refractivity contribution in [2.24, 2.45) is 0 Å². The van der Waals surface area contributed by atoms with E-state index in [9.17, 15) is 10.1 Å². The summed E-state index contributed by atoms with van der Waals surface area (Å²) in [5, 5.41) is 10.0. The minimum Gasteiger partial charge on any atom is -0.493 e. The number of benzene rings is 2. The van der Waals surface area contributed by atoms with Crippen LogP contribution in [0.5, 0.6) is 11.5 Å². The first kappa shape index (κ1) is 30.1. The lowest BCUT2D eigenvalue weighted by Gasteiger charge is -2.33. The van der Waals surface area contributed by atoms with E-state index >= 15 is 0 Å². The van der Waals surface area contributed by atoms with E-state index in [1.54, 1.807) is 24.3 Å². The molecule has 5 rings (SSSR count). The van der Waals surface area contributed by atoms with Gasteiger partial charge in [0.2, 0.25) is 0 Å². The molecule has 0 N–H and O–H groups in total. The number of hydrogen-bond acceptors (Lipinski definition) is 9. The maximum absolute atomic E-state index is 12.4. The summed E-state index contributed by atoms with van der Waals surface area (Å²) in [5.41, 5.74) is 3.57. The first-order valence-corrected chi connectivity index (χ1v) is 14.7. The van der Waals surface area contributed by atoms with Crippen LogP contribution in [0, 0.1) is 11.3 Å². The van der Waals surface area contributed by atoms with Crippen LogP contribution in [0.3, 0.4) is 0 Å². The smallest absolute Gasteiger partial charge is 0.410 e. The summed E-state index contributed by atoms with van der Waals surface area (Å²) in [6.07, 6.45) is 3.09. The average Bonchev–Trinajstić information content (AvgIpc) is 3.01. The van der Waals surface area contributed by atoms with E-state index in [2.05, 4.69) is 40.2 Å². The van der Waals surface area contributed by atoms with Crippen molar-refractivity contribution < 1.29 is 23.7 Å². The number of rotatable bonds is 7. The fourth-order valence-electron chi connectivity index (χ4n) is 5.23. The van der Waals surface area contributed by atoms with Gasteiger partial charge in [-0.1, -0.05) is 12.1 Å². The van der Waals surface area contributed by atoms with Gasteiger partial charge < -0.3 is 28.7 Å². The summed E-state index contributed by atoms with van der Waals surface area (Å²) in [7, 11) is 1.56. The summed E-state index contributed by atoms with van der Waals surface area (Å²) in [6.45, 7) is 9.90.